The minimum absolute atomic E-state index is 0.0205. The number of hydrogen-bond acceptors (Lipinski definition) is 6. The lowest BCUT2D eigenvalue weighted by Gasteiger charge is -2.18. The van der Waals surface area contributed by atoms with Crippen molar-refractivity contribution in [2.24, 2.45) is 5.92 Å². The molecule has 1 aliphatic rings. The van der Waals surface area contributed by atoms with Gasteiger partial charge in [0.1, 0.15) is 23.0 Å². The number of aromatic amines is 1. The minimum atomic E-state index is -0.644. The fraction of sp³-hybridized carbons (Fsp3) is 0.300. The molecule has 40 heavy (non-hydrogen) atoms. The van der Waals surface area contributed by atoms with Crippen molar-refractivity contribution in [1.82, 2.24) is 20.7 Å². The summed E-state index contributed by atoms with van der Waals surface area (Å²) in [4.78, 5) is 39.1. The molecule has 206 valence electrons. The predicted molar refractivity (Wildman–Crippen MR) is 148 cm³/mol. The Labute approximate surface area is 230 Å². The topological polar surface area (TPSA) is 117 Å². The van der Waals surface area contributed by atoms with Crippen LogP contribution in [0, 0.1) is 11.7 Å². The van der Waals surface area contributed by atoms with E-state index in [1.165, 1.54) is 22.6 Å². The summed E-state index contributed by atoms with van der Waals surface area (Å²) in [5.41, 5.74) is 3.82. The van der Waals surface area contributed by atoms with Gasteiger partial charge in [-0.3, -0.25) is 14.5 Å². The zero-order valence-electron chi connectivity index (χ0n) is 22.3. The van der Waals surface area contributed by atoms with Crippen molar-refractivity contribution in [2.75, 3.05) is 18.0 Å². The van der Waals surface area contributed by atoms with Crippen LogP contribution in [0.4, 0.5) is 14.9 Å². The lowest BCUT2D eigenvalue weighted by atomic mass is 9.99. The summed E-state index contributed by atoms with van der Waals surface area (Å²) in [6.07, 6.45) is -0.244. The van der Waals surface area contributed by atoms with E-state index in [1.807, 2.05) is 12.1 Å². The van der Waals surface area contributed by atoms with Crippen molar-refractivity contribution >= 4 is 34.5 Å². The summed E-state index contributed by atoms with van der Waals surface area (Å²) in [6.45, 7) is 4.47. The molecule has 5 rings (SSSR count). The Kier molecular flexibility index (Phi) is 7.86. The number of fused-ring (bicyclic) bond motifs is 1. The van der Waals surface area contributed by atoms with Gasteiger partial charge in [0.25, 0.3) is 0 Å². The Balaban J connectivity index is 1.19. The number of para-hydroxylation sites is 1. The summed E-state index contributed by atoms with van der Waals surface area (Å²) < 4.78 is 20.6. The first-order chi connectivity index (χ1) is 19.3. The Bertz CT molecular complexity index is 1550. The van der Waals surface area contributed by atoms with Crippen molar-refractivity contribution < 1.29 is 23.5 Å². The molecule has 0 saturated carbocycles. The Hall–Kier alpha value is -4.60. The number of carbonyl (C=O) groups excluding carboxylic acids is 3. The van der Waals surface area contributed by atoms with E-state index in [1.54, 1.807) is 36.4 Å². The zero-order valence-corrected chi connectivity index (χ0v) is 22.3. The second-order valence-corrected chi connectivity index (χ2v) is 10.3. The SMILES string of the molecule is CC(C)Cc1ccc(C(=O)CCC(=O)NC[C@H]2CN(c3cccc(F)c3-c3cccc4n[nH]nc34)C(=O)O2)cc1. The van der Waals surface area contributed by atoms with Gasteiger partial charge >= 0.3 is 6.09 Å². The van der Waals surface area contributed by atoms with Crippen LogP contribution in [-0.4, -0.2) is 52.4 Å². The van der Waals surface area contributed by atoms with Gasteiger partial charge in [0, 0.05) is 29.5 Å². The number of hydrogen-bond donors (Lipinski definition) is 2. The van der Waals surface area contributed by atoms with Gasteiger partial charge in [-0.2, -0.15) is 15.4 Å². The number of carbonyl (C=O) groups is 3. The Morgan fingerprint density at radius 1 is 1.07 bits per heavy atom. The summed E-state index contributed by atoms with van der Waals surface area (Å²) in [5.74, 6) is -0.410. The molecule has 1 saturated heterocycles. The fourth-order valence-corrected chi connectivity index (χ4v) is 4.88. The summed E-state index contributed by atoms with van der Waals surface area (Å²) in [5, 5.41) is 13.5. The Morgan fingerprint density at radius 3 is 2.62 bits per heavy atom. The highest BCUT2D eigenvalue weighted by molar-refractivity contribution is 6.01. The molecule has 1 atom stereocenters. The van der Waals surface area contributed by atoms with Crippen LogP contribution in [0.25, 0.3) is 22.2 Å². The summed E-state index contributed by atoms with van der Waals surface area (Å²) in [7, 11) is 0. The molecule has 0 spiro atoms. The highest BCUT2D eigenvalue weighted by Crippen LogP contribution is 2.38. The number of aromatic nitrogens is 3. The van der Waals surface area contributed by atoms with Crippen LogP contribution in [0.5, 0.6) is 0 Å². The average Bonchev–Trinajstić information content (AvgIpc) is 3.57. The van der Waals surface area contributed by atoms with Gasteiger partial charge in [0.05, 0.1) is 18.8 Å². The molecule has 2 heterocycles. The number of ether oxygens (including phenoxy) is 1. The summed E-state index contributed by atoms with van der Waals surface area (Å²) >= 11 is 0. The number of rotatable bonds is 10. The molecule has 1 fully saturated rings. The molecule has 0 bridgehead atoms. The normalized spacial score (nSPS) is 15.1. The van der Waals surface area contributed by atoms with Crippen molar-refractivity contribution in [1.29, 1.82) is 0 Å². The van der Waals surface area contributed by atoms with E-state index in [-0.39, 0.29) is 43.2 Å². The molecule has 10 heteroatoms. The number of anilines is 1. The molecule has 0 aliphatic carbocycles. The standard InChI is InChI=1S/C30H30FN5O4/c1-18(2)15-19-9-11-20(12-10-19)26(37)13-14-27(38)32-16-21-17-36(30(39)40-21)25-8-4-6-23(31)28(25)22-5-3-7-24-29(22)34-35-33-24/h3-12,18,21H,13-17H2,1-2H3,(H,32,38)(H,33,34,35)/t21-/m0/s1. The van der Waals surface area contributed by atoms with E-state index in [0.717, 1.165) is 6.42 Å². The molecule has 1 aliphatic heterocycles. The lowest BCUT2D eigenvalue weighted by molar-refractivity contribution is -0.121. The van der Waals surface area contributed by atoms with Crippen molar-refractivity contribution in [2.45, 2.75) is 39.2 Å². The molecule has 1 aromatic heterocycles. The number of amides is 2. The van der Waals surface area contributed by atoms with E-state index in [9.17, 15) is 14.4 Å². The zero-order chi connectivity index (χ0) is 28.2. The Morgan fingerprint density at radius 2 is 1.85 bits per heavy atom. The van der Waals surface area contributed by atoms with Crippen LogP contribution in [0.3, 0.4) is 0 Å². The maximum absolute atomic E-state index is 15.1. The average molecular weight is 544 g/mol. The quantitative estimate of drug-likeness (QED) is 0.270. The molecule has 0 radical (unpaired) electrons. The molecule has 2 amide bonds. The second-order valence-electron chi connectivity index (χ2n) is 10.3. The smallest absolute Gasteiger partial charge is 0.414 e. The van der Waals surface area contributed by atoms with E-state index in [4.69, 9.17) is 4.74 Å². The second kappa shape index (κ2) is 11.6. The predicted octanol–water partition coefficient (Wildman–Crippen LogP) is 5.07. The number of benzene rings is 3. The van der Waals surface area contributed by atoms with Gasteiger partial charge in [-0.25, -0.2) is 9.18 Å². The van der Waals surface area contributed by atoms with Gasteiger partial charge in [-0.05, 0) is 36.1 Å². The van der Waals surface area contributed by atoms with Gasteiger partial charge in [0.15, 0.2) is 5.78 Å². The molecule has 2 N–H and O–H groups in total. The molecule has 4 aromatic rings. The van der Waals surface area contributed by atoms with Crippen molar-refractivity contribution in [3.8, 4) is 11.1 Å². The third-order valence-electron chi connectivity index (χ3n) is 6.80. The number of cyclic esters (lactones) is 1. The van der Waals surface area contributed by atoms with Crippen molar-refractivity contribution in [3.05, 3.63) is 77.6 Å². The van der Waals surface area contributed by atoms with E-state index in [0.29, 0.717) is 33.8 Å². The number of H-pyrrole nitrogens is 1. The number of ketones is 1. The summed E-state index contributed by atoms with van der Waals surface area (Å²) in [6, 6.07) is 17.2. The first-order valence-corrected chi connectivity index (χ1v) is 13.3. The van der Waals surface area contributed by atoms with Crippen LogP contribution in [-0.2, 0) is 16.0 Å². The molecule has 0 unspecified atom stereocenters. The van der Waals surface area contributed by atoms with E-state index in [2.05, 4.69) is 34.6 Å². The van der Waals surface area contributed by atoms with Crippen LogP contribution in [0.15, 0.2) is 60.7 Å². The van der Waals surface area contributed by atoms with Gasteiger partial charge in [-0.1, -0.05) is 56.3 Å². The number of nitrogens with one attached hydrogen (secondary N) is 2. The van der Waals surface area contributed by atoms with Gasteiger partial charge < -0.3 is 10.1 Å². The first-order valence-electron chi connectivity index (χ1n) is 13.3. The third-order valence-corrected chi connectivity index (χ3v) is 6.80. The molecular weight excluding hydrogens is 513 g/mol. The van der Waals surface area contributed by atoms with Gasteiger partial charge in [-0.15, -0.1) is 0 Å². The van der Waals surface area contributed by atoms with E-state index < -0.39 is 18.0 Å². The number of Topliss-reactive ketones (excluding diaryl/α,β-unsaturated/α-hetero) is 1. The van der Waals surface area contributed by atoms with Crippen LogP contribution in [0.2, 0.25) is 0 Å². The molecule has 3 aromatic carbocycles. The maximum Gasteiger partial charge on any atom is 0.414 e. The monoisotopic (exact) mass is 543 g/mol. The minimum Gasteiger partial charge on any atom is -0.442 e. The molecule has 9 nitrogen and oxygen atoms in total. The van der Waals surface area contributed by atoms with Crippen LogP contribution >= 0.6 is 0 Å². The largest absolute Gasteiger partial charge is 0.442 e. The highest BCUT2D eigenvalue weighted by Gasteiger charge is 2.35. The number of nitrogens with zero attached hydrogens (tertiary/aromatic N) is 3. The van der Waals surface area contributed by atoms with Gasteiger partial charge in [0.2, 0.25) is 5.91 Å². The number of halogens is 1. The van der Waals surface area contributed by atoms with E-state index >= 15 is 4.39 Å². The van der Waals surface area contributed by atoms with Crippen molar-refractivity contribution in [3.63, 3.8) is 0 Å². The molecular formula is C30H30FN5O4. The van der Waals surface area contributed by atoms with Crippen LogP contribution in [0.1, 0.15) is 42.6 Å². The highest BCUT2D eigenvalue weighted by atomic mass is 19.1. The first kappa shape index (κ1) is 27.0. The fourth-order valence-electron chi connectivity index (χ4n) is 4.88. The lowest BCUT2D eigenvalue weighted by Crippen LogP contribution is -2.34. The van der Waals surface area contributed by atoms with Crippen LogP contribution < -0.4 is 10.2 Å². The maximum atomic E-state index is 15.1. The third kappa shape index (κ3) is 5.85.